The van der Waals surface area contributed by atoms with Gasteiger partial charge in [0.15, 0.2) is 0 Å². The fourth-order valence-electron chi connectivity index (χ4n) is 1.64. The van der Waals surface area contributed by atoms with Crippen LogP contribution in [-0.4, -0.2) is 25.5 Å². The van der Waals surface area contributed by atoms with E-state index in [0.717, 1.165) is 28.6 Å². The molecule has 0 saturated carbocycles. The molecular weight excluding hydrogens is 209 g/mol. The number of likely N-dealkylation sites (N-methyl/N-ethyl adjacent to an activating group) is 1. The van der Waals surface area contributed by atoms with Crippen LogP contribution in [0.25, 0.3) is 10.1 Å². The maximum absolute atomic E-state index is 13.6. The number of hydrogen-bond acceptors (Lipinski definition) is 2. The maximum atomic E-state index is 13.6. The minimum absolute atomic E-state index is 0.0949. The Hall–Kier alpha value is -0.930. The fourth-order valence-corrected chi connectivity index (χ4v) is 2.64. The van der Waals surface area contributed by atoms with E-state index in [1.54, 1.807) is 17.4 Å². The van der Waals surface area contributed by atoms with Gasteiger partial charge in [-0.05, 0) is 43.6 Å². The lowest BCUT2D eigenvalue weighted by molar-refractivity contribution is 0.414. The lowest BCUT2D eigenvalue weighted by Crippen LogP contribution is -2.14. The molecule has 2 rings (SSSR count). The summed E-state index contributed by atoms with van der Waals surface area (Å²) in [6.45, 7) is 0.958. The third-order valence-electron chi connectivity index (χ3n) is 2.45. The van der Waals surface area contributed by atoms with Crippen molar-refractivity contribution in [2.45, 2.75) is 6.42 Å². The summed E-state index contributed by atoms with van der Waals surface area (Å²) in [5, 5.41) is 2.88. The van der Waals surface area contributed by atoms with E-state index >= 15 is 0 Å². The Kier molecular flexibility index (Phi) is 3.03. The molecule has 1 aromatic carbocycles. The molecule has 0 atom stereocenters. The molecule has 0 aliphatic heterocycles. The van der Waals surface area contributed by atoms with Gasteiger partial charge in [0.2, 0.25) is 0 Å². The molecule has 0 aliphatic rings. The summed E-state index contributed by atoms with van der Waals surface area (Å²) in [5.74, 6) is -0.0949. The van der Waals surface area contributed by atoms with Crippen molar-refractivity contribution in [3.63, 3.8) is 0 Å². The van der Waals surface area contributed by atoms with Gasteiger partial charge in [-0.3, -0.25) is 0 Å². The molecule has 1 aromatic heterocycles. The van der Waals surface area contributed by atoms with Crippen LogP contribution in [-0.2, 0) is 6.42 Å². The molecule has 0 bridgehead atoms. The molecule has 0 radical (unpaired) electrons. The van der Waals surface area contributed by atoms with E-state index in [9.17, 15) is 4.39 Å². The summed E-state index contributed by atoms with van der Waals surface area (Å²) in [6, 6.07) is 5.28. The van der Waals surface area contributed by atoms with E-state index in [4.69, 9.17) is 0 Å². The van der Waals surface area contributed by atoms with Crippen molar-refractivity contribution in [3.8, 4) is 0 Å². The quantitative estimate of drug-likeness (QED) is 0.772. The zero-order valence-electron chi connectivity index (χ0n) is 8.96. The first-order valence-corrected chi connectivity index (χ1v) is 5.86. The predicted octanol–water partition coefficient (Wildman–Crippen LogP) is 3.14. The van der Waals surface area contributed by atoms with Gasteiger partial charge in [0.25, 0.3) is 0 Å². The molecule has 1 heterocycles. The zero-order valence-corrected chi connectivity index (χ0v) is 9.77. The van der Waals surface area contributed by atoms with Crippen LogP contribution in [0.15, 0.2) is 23.6 Å². The second-order valence-corrected chi connectivity index (χ2v) is 4.84. The number of benzene rings is 1. The number of thiophene rings is 1. The normalized spacial score (nSPS) is 11.5. The van der Waals surface area contributed by atoms with Crippen LogP contribution in [0.1, 0.15) is 5.56 Å². The number of nitrogens with zero attached hydrogens (tertiary/aromatic N) is 1. The number of hydrogen-bond donors (Lipinski definition) is 0. The van der Waals surface area contributed by atoms with E-state index in [1.165, 1.54) is 6.07 Å². The Morgan fingerprint density at radius 3 is 2.87 bits per heavy atom. The summed E-state index contributed by atoms with van der Waals surface area (Å²) < 4.78 is 14.6. The van der Waals surface area contributed by atoms with Gasteiger partial charge in [-0.25, -0.2) is 4.39 Å². The fraction of sp³-hybridized carbons (Fsp3) is 0.333. The van der Waals surface area contributed by atoms with Crippen LogP contribution in [0.3, 0.4) is 0 Å². The smallest absolute Gasteiger partial charge is 0.132 e. The molecule has 1 nitrogen and oxygen atoms in total. The maximum Gasteiger partial charge on any atom is 0.132 e. The number of fused-ring (bicyclic) bond motifs is 1. The average Bonchev–Trinajstić information content (AvgIpc) is 2.59. The molecule has 15 heavy (non-hydrogen) atoms. The first-order chi connectivity index (χ1) is 7.18. The first kappa shape index (κ1) is 10.6. The van der Waals surface area contributed by atoms with Gasteiger partial charge >= 0.3 is 0 Å². The number of rotatable bonds is 3. The van der Waals surface area contributed by atoms with Gasteiger partial charge < -0.3 is 4.90 Å². The summed E-state index contributed by atoms with van der Waals surface area (Å²) >= 11 is 1.62. The lowest BCUT2D eigenvalue weighted by atomic mass is 10.1. The van der Waals surface area contributed by atoms with Crippen LogP contribution in [0.4, 0.5) is 4.39 Å². The molecular formula is C12H14FNS. The molecule has 0 spiro atoms. The molecule has 0 amide bonds. The molecule has 0 N–H and O–H groups in total. The van der Waals surface area contributed by atoms with Crippen LogP contribution < -0.4 is 0 Å². The Labute approximate surface area is 93.1 Å². The Morgan fingerprint density at radius 1 is 1.33 bits per heavy atom. The number of halogens is 1. The van der Waals surface area contributed by atoms with E-state index in [1.807, 2.05) is 20.2 Å². The van der Waals surface area contributed by atoms with Gasteiger partial charge in [-0.2, -0.15) is 0 Å². The van der Waals surface area contributed by atoms with Crippen LogP contribution in [0.2, 0.25) is 0 Å². The predicted molar refractivity (Wildman–Crippen MR) is 64.0 cm³/mol. The van der Waals surface area contributed by atoms with Gasteiger partial charge in [-0.1, -0.05) is 6.07 Å². The summed E-state index contributed by atoms with van der Waals surface area (Å²) in [6.07, 6.45) is 0.911. The van der Waals surface area contributed by atoms with Gasteiger partial charge in [0.05, 0.1) is 0 Å². The molecule has 0 fully saturated rings. The third kappa shape index (κ3) is 2.19. The lowest BCUT2D eigenvalue weighted by Gasteiger charge is -2.08. The van der Waals surface area contributed by atoms with Crippen molar-refractivity contribution < 1.29 is 4.39 Å². The second kappa shape index (κ2) is 4.29. The molecule has 0 unspecified atom stereocenters. The van der Waals surface area contributed by atoms with E-state index < -0.39 is 0 Å². The first-order valence-electron chi connectivity index (χ1n) is 4.98. The summed E-state index contributed by atoms with van der Waals surface area (Å²) in [4.78, 5) is 2.12. The minimum Gasteiger partial charge on any atom is -0.309 e. The SMILES string of the molecule is CN(C)CCc1csc2cccc(F)c12. The average molecular weight is 223 g/mol. The van der Waals surface area contributed by atoms with Gasteiger partial charge in [0.1, 0.15) is 5.82 Å². The van der Waals surface area contributed by atoms with Crippen molar-refractivity contribution >= 4 is 21.4 Å². The Bertz CT molecular complexity index is 462. The second-order valence-electron chi connectivity index (χ2n) is 3.93. The molecule has 0 saturated heterocycles. The van der Waals surface area contributed by atoms with Gasteiger partial charge in [0, 0.05) is 16.6 Å². The molecule has 80 valence electrons. The summed E-state index contributed by atoms with van der Waals surface area (Å²) in [5.41, 5.74) is 1.13. The zero-order chi connectivity index (χ0) is 10.8. The highest BCUT2D eigenvalue weighted by molar-refractivity contribution is 7.17. The third-order valence-corrected chi connectivity index (χ3v) is 3.45. The Balaban J connectivity index is 2.35. The minimum atomic E-state index is -0.0949. The van der Waals surface area contributed by atoms with Crippen LogP contribution >= 0.6 is 11.3 Å². The largest absolute Gasteiger partial charge is 0.309 e. The van der Waals surface area contributed by atoms with E-state index in [-0.39, 0.29) is 5.82 Å². The molecule has 3 heteroatoms. The standard InChI is InChI=1S/C12H14FNS/c1-14(2)7-6-9-8-15-11-5-3-4-10(13)12(9)11/h3-5,8H,6-7H2,1-2H3. The van der Waals surface area contributed by atoms with Crippen LogP contribution in [0.5, 0.6) is 0 Å². The highest BCUT2D eigenvalue weighted by Gasteiger charge is 2.08. The summed E-state index contributed by atoms with van der Waals surface area (Å²) in [7, 11) is 4.07. The highest BCUT2D eigenvalue weighted by atomic mass is 32.1. The topological polar surface area (TPSA) is 3.24 Å². The van der Waals surface area contributed by atoms with Gasteiger partial charge in [-0.15, -0.1) is 11.3 Å². The Morgan fingerprint density at radius 2 is 2.13 bits per heavy atom. The van der Waals surface area contributed by atoms with Crippen molar-refractivity contribution in [1.29, 1.82) is 0 Å². The van der Waals surface area contributed by atoms with Crippen molar-refractivity contribution in [3.05, 3.63) is 35.0 Å². The molecule has 0 aliphatic carbocycles. The van der Waals surface area contributed by atoms with Crippen molar-refractivity contribution in [2.75, 3.05) is 20.6 Å². The van der Waals surface area contributed by atoms with Crippen molar-refractivity contribution in [2.24, 2.45) is 0 Å². The van der Waals surface area contributed by atoms with Crippen LogP contribution in [0, 0.1) is 5.82 Å². The monoisotopic (exact) mass is 223 g/mol. The van der Waals surface area contributed by atoms with E-state index in [0.29, 0.717) is 0 Å². The van der Waals surface area contributed by atoms with E-state index in [2.05, 4.69) is 10.3 Å². The van der Waals surface area contributed by atoms with Crippen molar-refractivity contribution in [1.82, 2.24) is 4.90 Å². The molecule has 2 aromatic rings. The highest BCUT2D eigenvalue weighted by Crippen LogP contribution is 2.28.